The molecule has 7 nitrogen and oxygen atoms in total. The summed E-state index contributed by atoms with van der Waals surface area (Å²) in [5.74, 6) is 0.797. The molecule has 0 unspecified atom stereocenters. The molecule has 0 amide bonds. The Balaban J connectivity index is 1.72. The minimum absolute atomic E-state index is 0.0630. The molecule has 0 aliphatic carbocycles. The molecule has 170 valence electrons. The zero-order valence-electron chi connectivity index (χ0n) is 18.7. The number of anilines is 1. The van der Waals surface area contributed by atoms with Crippen LogP contribution in [0, 0.1) is 0 Å². The van der Waals surface area contributed by atoms with Crippen LogP contribution in [-0.4, -0.2) is 60.1 Å². The van der Waals surface area contributed by atoms with E-state index in [-0.39, 0.29) is 11.4 Å². The lowest BCUT2D eigenvalue weighted by molar-refractivity contribution is 0.180. The fourth-order valence-corrected chi connectivity index (χ4v) is 5.27. The topological polar surface area (TPSA) is 74.8 Å². The van der Waals surface area contributed by atoms with Crippen LogP contribution in [0.5, 0.6) is 5.75 Å². The maximum atomic E-state index is 12.4. The monoisotopic (exact) mass is 464 g/mol. The smallest absolute Gasteiger partial charge is 0.216 e. The third-order valence-electron chi connectivity index (χ3n) is 5.07. The number of nitrogens with one attached hydrogen (secondary N) is 1. The van der Waals surface area contributed by atoms with Gasteiger partial charge in [0.15, 0.2) is 5.13 Å². The highest BCUT2D eigenvalue weighted by atomic mass is 32.2. The molecule has 1 aliphatic heterocycles. The van der Waals surface area contributed by atoms with Gasteiger partial charge in [-0.25, -0.2) is 13.4 Å². The lowest BCUT2D eigenvalue weighted by atomic mass is 10.1. The summed E-state index contributed by atoms with van der Waals surface area (Å²) >= 11 is 1.52. The summed E-state index contributed by atoms with van der Waals surface area (Å²) in [6.45, 7) is 14.8. The predicted octanol–water partition coefficient (Wildman–Crippen LogP) is 3.87. The van der Waals surface area contributed by atoms with Crippen LogP contribution in [0.25, 0.3) is 5.70 Å². The van der Waals surface area contributed by atoms with Gasteiger partial charge in [0, 0.05) is 55.6 Å². The van der Waals surface area contributed by atoms with E-state index in [9.17, 15) is 8.42 Å². The van der Waals surface area contributed by atoms with Gasteiger partial charge in [-0.15, -0.1) is 11.3 Å². The molecule has 1 aromatic carbocycles. The number of ether oxygens (including phenoxy) is 1. The molecule has 0 radical (unpaired) electrons. The van der Waals surface area contributed by atoms with E-state index < -0.39 is 10.0 Å². The SMILES string of the molecule is C=C(Nc1nccs1)c1cc(CN2CCN(S(=O)(=O)C(C)C)CC2)cc(OC(C)C)c1. The first kappa shape index (κ1) is 23.7. The molecule has 2 aromatic rings. The molecule has 0 bridgehead atoms. The highest BCUT2D eigenvalue weighted by Gasteiger charge is 2.29. The number of sulfonamides is 1. The van der Waals surface area contributed by atoms with Crippen molar-refractivity contribution in [3.05, 3.63) is 47.5 Å². The molecule has 1 aromatic heterocycles. The molecule has 9 heteroatoms. The van der Waals surface area contributed by atoms with Crippen LogP contribution in [0.2, 0.25) is 0 Å². The van der Waals surface area contributed by atoms with Crippen molar-refractivity contribution >= 4 is 32.2 Å². The van der Waals surface area contributed by atoms with Crippen molar-refractivity contribution in [3.8, 4) is 5.75 Å². The van der Waals surface area contributed by atoms with Gasteiger partial charge >= 0.3 is 0 Å². The Bertz CT molecular complexity index is 980. The number of hydrogen-bond acceptors (Lipinski definition) is 7. The Hall–Kier alpha value is -1.94. The summed E-state index contributed by atoms with van der Waals surface area (Å²) in [4.78, 5) is 6.54. The van der Waals surface area contributed by atoms with E-state index in [1.54, 1.807) is 24.3 Å². The number of thiazole rings is 1. The number of benzene rings is 1. The van der Waals surface area contributed by atoms with Gasteiger partial charge in [0.2, 0.25) is 10.0 Å². The van der Waals surface area contributed by atoms with Crippen LogP contribution in [0.1, 0.15) is 38.8 Å². The fourth-order valence-electron chi connectivity index (χ4n) is 3.45. The van der Waals surface area contributed by atoms with E-state index in [4.69, 9.17) is 4.74 Å². The summed E-state index contributed by atoms with van der Waals surface area (Å²) in [5.41, 5.74) is 2.82. The van der Waals surface area contributed by atoms with Crippen LogP contribution in [0.3, 0.4) is 0 Å². The Labute approximate surface area is 189 Å². The number of aromatic nitrogens is 1. The number of rotatable bonds is 9. The van der Waals surface area contributed by atoms with Crippen LogP contribution < -0.4 is 10.1 Å². The molecule has 3 rings (SSSR count). The van der Waals surface area contributed by atoms with Crippen molar-refractivity contribution in [1.82, 2.24) is 14.2 Å². The molecule has 31 heavy (non-hydrogen) atoms. The van der Waals surface area contributed by atoms with Crippen molar-refractivity contribution in [2.45, 2.75) is 45.6 Å². The number of piperazine rings is 1. The largest absolute Gasteiger partial charge is 0.491 e. The van der Waals surface area contributed by atoms with Crippen LogP contribution in [0.4, 0.5) is 5.13 Å². The first-order chi connectivity index (χ1) is 14.6. The van der Waals surface area contributed by atoms with Gasteiger partial charge in [-0.1, -0.05) is 6.58 Å². The highest BCUT2D eigenvalue weighted by molar-refractivity contribution is 7.89. The Kier molecular flexibility index (Phi) is 7.74. The molecule has 0 atom stereocenters. The van der Waals surface area contributed by atoms with Crippen molar-refractivity contribution < 1.29 is 13.2 Å². The third kappa shape index (κ3) is 6.29. The van der Waals surface area contributed by atoms with Gasteiger partial charge in [0.25, 0.3) is 0 Å². The van der Waals surface area contributed by atoms with Crippen LogP contribution in [0.15, 0.2) is 36.4 Å². The van der Waals surface area contributed by atoms with Crippen molar-refractivity contribution in [1.29, 1.82) is 0 Å². The second kappa shape index (κ2) is 10.1. The Morgan fingerprint density at radius 2 is 1.90 bits per heavy atom. The minimum Gasteiger partial charge on any atom is -0.491 e. The molecule has 1 saturated heterocycles. The van der Waals surface area contributed by atoms with Crippen LogP contribution in [-0.2, 0) is 16.6 Å². The van der Waals surface area contributed by atoms with Gasteiger partial charge in [-0.05, 0) is 51.5 Å². The Morgan fingerprint density at radius 3 is 2.48 bits per heavy atom. The second-order valence-electron chi connectivity index (χ2n) is 8.24. The van der Waals surface area contributed by atoms with E-state index in [0.29, 0.717) is 26.2 Å². The summed E-state index contributed by atoms with van der Waals surface area (Å²) in [6.07, 6.45) is 1.82. The van der Waals surface area contributed by atoms with Crippen molar-refractivity contribution in [2.24, 2.45) is 0 Å². The van der Waals surface area contributed by atoms with E-state index in [0.717, 1.165) is 34.2 Å². The molecule has 1 N–H and O–H groups in total. The molecular formula is C22H32N4O3S2. The summed E-state index contributed by atoms with van der Waals surface area (Å²) in [7, 11) is -3.20. The predicted molar refractivity (Wildman–Crippen MR) is 128 cm³/mol. The van der Waals surface area contributed by atoms with E-state index in [1.807, 2.05) is 25.3 Å². The van der Waals surface area contributed by atoms with Gasteiger partial charge in [0.1, 0.15) is 5.75 Å². The standard InChI is InChI=1S/C22H32N4O3S2/c1-16(2)29-21-13-19(12-20(14-21)18(5)24-22-23-6-11-30-22)15-25-7-9-26(10-8-25)31(27,28)17(3)4/h6,11-14,16-17H,5,7-10,15H2,1-4H3,(H,23,24). The highest BCUT2D eigenvalue weighted by Crippen LogP contribution is 2.26. The lowest BCUT2D eigenvalue weighted by Crippen LogP contribution is -2.49. The number of nitrogens with zero attached hydrogens (tertiary/aromatic N) is 3. The number of hydrogen-bond donors (Lipinski definition) is 1. The van der Waals surface area contributed by atoms with E-state index >= 15 is 0 Å². The van der Waals surface area contributed by atoms with E-state index in [1.165, 1.54) is 11.3 Å². The zero-order chi connectivity index (χ0) is 22.6. The first-order valence-corrected chi connectivity index (χ1v) is 12.9. The lowest BCUT2D eigenvalue weighted by Gasteiger charge is -2.35. The summed E-state index contributed by atoms with van der Waals surface area (Å²) in [5, 5.41) is 5.58. The fraction of sp³-hybridized carbons (Fsp3) is 0.500. The van der Waals surface area contributed by atoms with Gasteiger partial charge < -0.3 is 10.1 Å². The normalized spacial score (nSPS) is 16.1. The maximum absolute atomic E-state index is 12.4. The second-order valence-corrected chi connectivity index (χ2v) is 11.6. The quantitative estimate of drug-likeness (QED) is 0.607. The third-order valence-corrected chi connectivity index (χ3v) is 8.03. The maximum Gasteiger partial charge on any atom is 0.216 e. The van der Waals surface area contributed by atoms with E-state index in [2.05, 4.69) is 33.9 Å². The van der Waals surface area contributed by atoms with Gasteiger partial charge in [-0.2, -0.15) is 4.31 Å². The van der Waals surface area contributed by atoms with Crippen LogP contribution >= 0.6 is 11.3 Å². The molecule has 2 heterocycles. The molecule has 0 saturated carbocycles. The molecule has 1 fully saturated rings. The minimum atomic E-state index is -3.20. The zero-order valence-corrected chi connectivity index (χ0v) is 20.3. The molecule has 0 spiro atoms. The average molecular weight is 465 g/mol. The summed E-state index contributed by atoms with van der Waals surface area (Å²) in [6, 6.07) is 6.14. The average Bonchev–Trinajstić information content (AvgIpc) is 3.20. The first-order valence-electron chi connectivity index (χ1n) is 10.5. The van der Waals surface area contributed by atoms with Crippen molar-refractivity contribution in [3.63, 3.8) is 0 Å². The van der Waals surface area contributed by atoms with Gasteiger partial charge in [-0.3, -0.25) is 4.90 Å². The van der Waals surface area contributed by atoms with Gasteiger partial charge in [0.05, 0.1) is 11.4 Å². The van der Waals surface area contributed by atoms with Crippen molar-refractivity contribution in [2.75, 3.05) is 31.5 Å². The Morgan fingerprint density at radius 1 is 1.19 bits per heavy atom. The molecule has 1 aliphatic rings. The molecular weight excluding hydrogens is 432 g/mol. The summed E-state index contributed by atoms with van der Waals surface area (Å²) < 4.78 is 32.4.